The van der Waals surface area contributed by atoms with E-state index in [1.165, 1.54) is 12.1 Å². The van der Waals surface area contributed by atoms with Gasteiger partial charge in [0.1, 0.15) is 5.75 Å². The van der Waals surface area contributed by atoms with Crippen LogP contribution in [0.4, 0.5) is 0 Å². The average Bonchev–Trinajstić information content (AvgIpc) is 2.74. The van der Waals surface area contributed by atoms with Gasteiger partial charge in [0, 0.05) is 28.9 Å². The summed E-state index contributed by atoms with van der Waals surface area (Å²) in [5.74, 6) is -0.653. The minimum Gasteiger partial charge on any atom is -0.507 e. The van der Waals surface area contributed by atoms with E-state index in [0.717, 1.165) is 17.0 Å². The van der Waals surface area contributed by atoms with Gasteiger partial charge in [-0.2, -0.15) is 0 Å². The molecule has 2 N–H and O–H groups in total. The van der Waals surface area contributed by atoms with Crippen LogP contribution in [-0.2, 0) is 6.42 Å². The van der Waals surface area contributed by atoms with Gasteiger partial charge in [-0.3, -0.25) is 9.59 Å². The number of phenolic OH excluding ortho intramolecular Hbond substituents is 1. The lowest BCUT2D eigenvalue weighted by atomic mass is 9.86. The van der Waals surface area contributed by atoms with E-state index in [-0.39, 0.29) is 28.4 Å². The van der Waals surface area contributed by atoms with Gasteiger partial charge < -0.3 is 10.1 Å². The molecule has 4 heteroatoms. The van der Waals surface area contributed by atoms with Crippen molar-refractivity contribution in [1.29, 1.82) is 0 Å². The lowest BCUT2D eigenvalue weighted by Gasteiger charge is -2.16. The van der Waals surface area contributed by atoms with Crippen molar-refractivity contribution >= 4 is 11.6 Å². The molecule has 1 aliphatic carbocycles. The first-order chi connectivity index (χ1) is 9.97. The molecule has 0 fully saturated rings. The summed E-state index contributed by atoms with van der Waals surface area (Å²) in [5, 5.41) is 9.88. The second-order valence-electron chi connectivity index (χ2n) is 5.34. The predicted octanol–water partition coefficient (Wildman–Crippen LogP) is 2.89. The van der Waals surface area contributed by atoms with E-state index < -0.39 is 0 Å². The summed E-state index contributed by atoms with van der Waals surface area (Å²) in [4.78, 5) is 27.8. The number of nitrogens with one attached hydrogen (secondary N) is 1. The molecule has 0 atom stereocenters. The molecule has 0 saturated heterocycles. The highest BCUT2D eigenvalue weighted by Crippen LogP contribution is 2.30. The van der Waals surface area contributed by atoms with Crippen LogP contribution in [0.3, 0.4) is 0 Å². The van der Waals surface area contributed by atoms with E-state index >= 15 is 0 Å². The van der Waals surface area contributed by atoms with Crippen molar-refractivity contribution in [2.45, 2.75) is 20.3 Å². The second-order valence-corrected chi connectivity index (χ2v) is 5.34. The number of phenols is 1. The number of hydrogen-bond donors (Lipinski definition) is 2. The molecule has 0 bridgehead atoms. The largest absolute Gasteiger partial charge is 0.507 e. The number of hydrogen-bond acceptors (Lipinski definition) is 3. The Morgan fingerprint density at radius 3 is 2.62 bits per heavy atom. The average molecular weight is 281 g/mol. The first-order valence-corrected chi connectivity index (χ1v) is 6.74. The lowest BCUT2D eigenvalue weighted by molar-refractivity contribution is 0.0980. The Morgan fingerprint density at radius 1 is 1.19 bits per heavy atom. The number of H-pyrrole nitrogens is 1. The fourth-order valence-electron chi connectivity index (χ4n) is 2.75. The molecule has 2 aromatic rings. The summed E-state index contributed by atoms with van der Waals surface area (Å²) in [6, 6.07) is 6.53. The zero-order chi connectivity index (χ0) is 15.1. The van der Waals surface area contributed by atoms with Crippen LogP contribution in [0.1, 0.15) is 37.7 Å². The van der Waals surface area contributed by atoms with Gasteiger partial charge >= 0.3 is 0 Å². The molecule has 0 amide bonds. The topological polar surface area (TPSA) is 70.2 Å². The predicted molar refractivity (Wildman–Crippen MR) is 78.8 cm³/mol. The first-order valence-electron chi connectivity index (χ1n) is 6.74. The van der Waals surface area contributed by atoms with E-state index in [4.69, 9.17) is 0 Å². The molecular formula is C17H15NO3. The minimum atomic E-state index is -0.277. The standard InChI is InChI=1S/C17H15NO3/c1-9-6-11(10(2)18-9)7-12-8-15(20)13-4-3-5-14(19)16(13)17(12)21/h3-6,8,18-19H,7H2,1-2H3. The number of carbonyl (C=O) groups excluding carboxylic acids is 2. The Hall–Kier alpha value is -2.62. The molecule has 0 unspecified atom stereocenters. The van der Waals surface area contributed by atoms with Gasteiger partial charge in [-0.1, -0.05) is 12.1 Å². The molecule has 1 heterocycles. The van der Waals surface area contributed by atoms with Crippen molar-refractivity contribution in [3.63, 3.8) is 0 Å². The number of rotatable bonds is 2. The molecule has 0 radical (unpaired) electrons. The Morgan fingerprint density at radius 2 is 1.95 bits per heavy atom. The monoisotopic (exact) mass is 281 g/mol. The van der Waals surface area contributed by atoms with Crippen LogP contribution in [0.2, 0.25) is 0 Å². The van der Waals surface area contributed by atoms with Gasteiger partial charge in [0.25, 0.3) is 0 Å². The van der Waals surface area contributed by atoms with Gasteiger partial charge in [-0.05, 0) is 37.6 Å². The highest BCUT2D eigenvalue weighted by atomic mass is 16.3. The van der Waals surface area contributed by atoms with Gasteiger partial charge in [0.05, 0.1) is 5.56 Å². The van der Waals surface area contributed by atoms with Gasteiger partial charge in [-0.15, -0.1) is 0 Å². The number of aromatic hydroxyl groups is 1. The summed E-state index contributed by atoms with van der Waals surface area (Å²) >= 11 is 0. The minimum absolute atomic E-state index is 0.116. The number of ketones is 2. The van der Waals surface area contributed by atoms with E-state index in [9.17, 15) is 14.7 Å². The van der Waals surface area contributed by atoms with Gasteiger partial charge in [0.2, 0.25) is 0 Å². The lowest BCUT2D eigenvalue weighted by Crippen LogP contribution is -2.18. The maximum Gasteiger partial charge on any atom is 0.193 e. The number of aryl methyl sites for hydroxylation is 2. The molecule has 1 aromatic heterocycles. The first kappa shape index (κ1) is 13.4. The number of aromatic nitrogens is 1. The second kappa shape index (κ2) is 4.74. The van der Waals surface area contributed by atoms with Crippen molar-refractivity contribution in [3.05, 3.63) is 64.0 Å². The van der Waals surface area contributed by atoms with Crippen LogP contribution in [0.25, 0.3) is 0 Å². The smallest absolute Gasteiger partial charge is 0.193 e. The molecule has 0 aliphatic heterocycles. The number of benzene rings is 1. The third kappa shape index (κ3) is 2.18. The Balaban J connectivity index is 2.02. The molecule has 21 heavy (non-hydrogen) atoms. The van der Waals surface area contributed by atoms with Crippen LogP contribution >= 0.6 is 0 Å². The maximum absolute atomic E-state index is 12.5. The summed E-state index contributed by atoms with van der Waals surface area (Å²) < 4.78 is 0. The highest BCUT2D eigenvalue weighted by Gasteiger charge is 2.28. The SMILES string of the molecule is Cc1cc(CC2=CC(=O)c3cccc(O)c3C2=O)c(C)[nH]1. The molecule has 4 nitrogen and oxygen atoms in total. The number of fused-ring (bicyclic) bond motifs is 1. The Labute approximate surface area is 122 Å². The summed E-state index contributed by atoms with van der Waals surface area (Å²) in [5.41, 5.74) is 3.78. The Bertz CT molecular complexity index is 796. The zero-order valence-electron chi connectivity index (χ0n) is 11.9. The van der Waals surface area contributed by atoms with Crippen LogP contribution in [-0.4, -0.2) is 21.7 Å². The van der Waals surface area contributed by atoms with Gasteiger partial charge in [0.15, 0.2) is 11.6 Å². The molecule has 1 aromatic carbocycles. The van der Waals surface area contributed by atoms with Gasteiger partial charge in [-0.25, -0.2) is 0 Å². The van der Waals surface area contributed by atoms with E-state index in [1.807, 2.05) is 19.9 Å². The molecular weight excluding hydrogens is 266 g/mol. The maximum atomic E-state index is 12.5. The van der Waals surface area contributed by atoms with Crippen LogP contribution in [0.15, 0.2) is 35.9 Å². The van der Waals surface area contributed by atoms with E-state index in [1.54, 1.807) is 12.1 Å². The number of Topliss-reactive ketones (excluding diaryl/α,β-unsaturated/α-hetero) is 1. The molecule has 0 saturated carbocycles. The van der Waals surface area contributed by atoms with Crippen LogP contribution in [0, 0.1) is 13.8 Å². The fraction of sp³-hybridized carbons (Fsp3) is 0.176. The molecule has 0 spiro atoms. The summed E-state index contributed by atoms with van der Waals surface area (Å²) in [6.45, 7) is 3.88. The fourth-order valence-corrected chi connectivity index (χ4v) is 2.75. The molecule has 106 valence electrons. The van der Waals surface area contributed by atoms with E-state index in [0.29, 0.717) is 12.0 Å². The third-order valence-corrected chi connectivity index (χ3v) is 3.77. The highest BCUT2D eigenvalue weighted by molar-refractivity contribution is 6.25. The Kier molecular flexibility index (Phi) is 3.01. The van der Waals surface area contributed by atoms with Crippen LogP contribution < -0.4 is 0 Å². The number of aromatic amines is 1. The third-order valence-electron chi connectivity index (χ3n) is 3.77. The molecule has 3 rings (SSSR count). The van der Waals surface area contributed by atoms with Crippen LogP contribution in [0.5, 0.6) is 5.75 Å². The van der Waals surface area contributed by atoms with Crippen molar-refractivity contribution in [2.75, 3.05) is 0 Å². The molecule has 1 aliphatic rings. The number of carbonyl (C=O) groups is 2. The summed E-state index contributed by atoms with van der Waals surface area (Å²) in [7, 11) is 0. The zero-order valence-corrected chi connectivity index (χ0v) is 11.9. The normalized spacial score (nSPS) is 14.1. The van der Waals surface area contributed by atoms with Crippen molar-refractivity contribution in [2.24, 2.45) is 0 Å². The quantitative estimate of drug-likeness (QED) is 0.889. The van der Waals surface area contributed by atoms with Crippen molar-refractivity contribution in [1.82, 2.24) is 4.98 Å². The number of allylic oxidation sites excluding steroid dienone is 2. The van der Waals surface area contributed by atoms with Crippen molar-refractivity contribution < 1.29 is 14.7 Å². The summed E-state index contributed by atoms with van der Waals surface area (Å²) in [6.07, 6.45) is 1.76. The van der Waals surface area contributed by atoms with Crippen molar-refractivity contribution in [3.8, 4) is 5.75 Å². The van der Waals surface area contributed by atoms with E-state index in [2.05, 4.69) is 4.98 Å².